The Kier molecular flexibility index (Phi) is 7.46. The van der Waals surface area contributed by atoms with Crippen molar-refractivity contribution in [3.63, 3.8) is 0 Å². The molecule has 5 nitrogen and oxygen atoms in total. The number of amides is 2. The number of carbonyl (C=O) groups is 2. The first-order valence-corrected chi connectivity index (χ1v) is 7.38. The van der Waals surface area contributed by atoms with Gasteiger partial charge in [-0.05, 0) is 31.0 Å². The Morgan fingerprint density at radius 3 is 2.43 bits per heavy atom. The summed E-state index contributed by atoms with van der Waals surface area (Å²) in [6.07, 6.45) is 1.42. The monoisotopic (exact) mass is 291 g/mol. The third kappa shape index (κ3) is 7.46. The molecule has 0 saturated heterocycles. The van der Waals surface area contributed by atoms with Crippen LogP contribution in [0, 0.1) is 0 Å². The van der Waals surface area contributed by atoms with Crippen LogP contribution in [0.5, 0.6) is 0 Å². The average Bonchev–Trinajstić information content (AvgIpc) is 2.44. The molecular weight excluding hydrogens is 266 g/mol. The summed E-state index contributed by atoms with van der Waals surface area (Å²) in [6.45, 7) is 6.89. The van der Waals surface area contributed by atoms with Gasteiger partial charge >= 0.3 is 0 Å². The maximum atomic E-state index is 11.6. The van der Waals surface area contributed by atoms with E-state index in [1.54, 1.807) is 0 Å². The van der Waals surface area contributed by atoms with Gasteiger partial charge in [-0.25, -0.2) is 0 Å². The predicted molar refractivity (Wildman–Crippen MR) is 85.0 cm³/mol. The molecule has 1 unspecified atom stereocenters. The van der Waals surface area contributed by atoms with Crippen molar-refractivity contribution in [3.05, 3.63) is 29.8 Å². The van der Waals surface area contributed by atoms with Crippen LogP contribution in [0.15, 0.2) is 24.3 Å². The second-order valence-electron chi connectivity index (χ2n) is 5.18. The van der Waals surface area contributed by atoms with Gasteiger partial charge in [-0.1, -0.05) is 19.1 Å². The van der Waals surface area contributed by atoms with E-state index >= 15 is 0 Å². The normalized spacial score (nSPS) is 11.8. The highest BCUT2D eigenvalue weighted by Gasteiger charge is 2.04. The van der Waals surface area contributed by atoms with E-state index in [1.165, 1.54) is 6.92 Å². The van der Waals surface area contributed by atoms with Crippen LogP contribution in [0.25, 0.3) is 0 Å². The van der Waals surface area contributed by atoms with Crippen LogP contribution in [0.1, 0.15) is 39.2 Å². The fourth-order valence-electron chi connectivity index (χ4n) is 1.79. The summed E-state index contributed by atoms with van der Waals surface area (Å²) in [4.78, 5) is 22.5. The number of rotatable bonds is 8. The van der Waals surface area contributed by atoms with Crippen LogP contribution < -0.4 is 16.0 Å². The van der Waals surface area contributed by atoms with Gasteiger partial charge in [-0.15, -0.1) is 0 Å². The summed E-state index contributed by atoms with van der Waals surface area (Å²) < 4.78 is 0. The van der Waals surface area contributed by atoms with E-state index in [1.807, 2.05) is 38.1 Å². The zero-order chi connectivity index (χ0) is 15.7. The lowest BCUT2D eigenvalue weighted by atomic mass is 10.2. The van der Waals surface area contributed by atoms with Gasteiger partial charge in [0.2, 0.25) is 11.8 Å². The van der Waals surface area contributed by atoms with Crippen LogP contribution in [-0.4, -0.2) is 24.4 Å². The molecule has 2 amide bonds. The zero-order valence-corrected chi connectivity index (χ0v) is 13.0. The van der Waals surface area contributed by atoms with Crippen molar-refractivity contribution in [2.45, 2.75) is 46.2 Å². The van der Waals surface area contributed by atoms with Crippen LogP contribution in [0.2, 0.25) is 0 Å². The summed E-state index contributed by atoms with van der Waals surface area (Å²) in [5.41, 5.74) is 1.91. The fraction of sp³-hybridized carbons (Fsp3) is 0.500. The van der Waals surface area contributed by atoms with Crippen molar-refractivity contribution < 1.29 is 9.59 Å². The number of hydrogen-bond donors (Lipinski definition) is 3. The zero-order valence-electron chi connectivity index (χ0n) is 13.0. The predicted octanol–water partition coefficient (Wildman–Crippen LogP) is 2.04. The first kappa shape index (κ1) is 17.2. The van der Waals surface area contributed by atoms with Crippen LogP contribution in [-0.2, 0) is 16.1 Å². The lowest BCUT2D eigenvalue weighted by molar-refractivity contribution is -0.121. The van der Waals surface area contributed by atoms with Gasteiger partial charge in [0.15, 0.2) is 0 Å². The smallest absolute Gasteiger partial charge is 0.221 e. The SMILES string of the molecule is CCC(C)NC(=O)CCNCc1ccc(NC(C)=O)cc1. The first-order valence-electron chi connectivity index (χ1n) is 7.38. The van der Waals surface area contributed by atoms with E-state index in [-0.39, 0.29) is 17.9 Å². The number of anilines is 1. The molecule has 1 aromatic carbocycles. The van der Waals surface area contributed by atoms with Crippen molar-refractivity contribution in [1.82, 2.24) is 10.6 Å². The minimum Gasteiger partial charge on any atom is -0.354 e. The van der Waals surface area contributed by atoms with Gasteiger partial charge in [0.1, 0.15) is 0 Å². The highest BCUT2D eigenvalue weighted by atomic mass is 16.2. The van der Waals surface area contributed by atoms with E-state index in [0.29, 0.717) is 19.5 Å². The minimum absolute atomic E-state index is 0.0757. The Labute approximate surface area is 126 Å². The second-order valence-corrected chi connectivity index (χ2v) is 5.18. The molecule has 1 aromatic rings. The van der Waals surface area contributed by atoms with Crippen molar-refractivity contribution in [3.8, 4) is 0 Å². The van der Waals surface area contributed by atoms with Crippen molar-refractivity contribution >= 4 is 17.5 Å². The Morgan fingerprint density at radius 2 is 1.86 bits per heavy atom. The molecule has 21 heavy (non-hydrogen) atoms. The highest BCUT2D eigenvalue weighted by molar-refractivity contribution is 5.88. The van der Waals surface area contributed by atoms with Gasteiger partial charge in [0.25, 0.3) is 0 Å². The molecule has 0 spiro atoms. The number of hydrogen-bond acceptors (Lipinski definition) is 3. The molecule has 0 radical (unpaired) electrons. The molecule has 0 aliphatic rings. The molecule has 3 N–H and O–H groups in total. The number of benzene rings is 1. The van der Waals surface area contributed by atoms with Gasteiger partial charge in [-0.2, -0.15) is 0 Å². The van der Waals surface area contributed by atoms with Gasteiger partial charge in [0, 0.05) is 38.2 Å². The summed E-state index contributed by atoms with van der Waals surface area (Å²) in [6, 6.07) is 7.88. The minimum atomic E-state index is -0.0757. The second kappa shape index (κ2) is 9.13. The third-order valence-corrected chi connectivity index (χ3v) is 3.15. The molecule has 116 valence electrons. The van der Waals surface area contributed by atoms with Crippen molar-refractivity contribution in [1.29, 1.82) is 0 Å². The highest BCUT2D eigenvalue weighted by Crippen LogP contribution is 2.09. The molecule has 0 saturated carbocycles. The summed E-state index contributed by atoms with van der Waals surface area (Å²) in [5.74, 6) is 0.00560. The largest absolute Gasteiger partial charge is 0.354 e. The molecule has 0 bridgehead atoms. The molecule has 0 heterocycles. The standard InChI is InChI=1S/C16H25N3O2/c1-4-12(2)18-16(21)9-10-17-11-14-5-7-15(8-6-14)19-13(3)20/h5-8,12,17H,4,9-11H2,1-3H3,(H,18,21)(H,19,20). The van der Waals surface area contributed by atoms with E-state index in [0.717, 1.165) is 17.7 Å². The topological polar surface area (TPSA) is 70.2 Å². The van der Waals surface area contributed by atoms with Crippen LogP contribution in [0.3, 0.4) is 0 Å². The van der Waals surface area contributed by atoms with Gasteiger partial charge < -0.3 is 16.0 Å². The van der Waals surface area contributed by atoms with E-state index < -0.39 is 0 Å². The van der Waals surface area contributed by atoms with Crippen LogP contribution in [0.4, 0.5) is 5.69 Å². The molecule has 0 aliphatic carbocycles. The Hall–Kier alpha value is -1.88. The van der Waals surface area contributed by atoms with Crippen LogP contribution >= 0.6 is 0 Å². The van der Waals surface area contributed by atoms with E-state index in [9.17, 15) is 9.59 Å². The summed E-state index contributed by atoms with van der Waals surface area (Å²) >= 11 is 0. The van der Waals surface area contributed by atoms with Crippen molar-refractivity contribution in [2.24, 2.45) is 0 Å². The Bertz CT molecular complexity index is 457. The van der Waals surface area contributed by atoms with Gasteiger partial charge in [0.05, 0.1) is 0 Å². The number of nitrogens with one attached hydrogen (secondary N) is 3. The Morgan fingerprint density at radius 1 is 1.19 bits per heavy atom. The summed E-state index contributed by atoms with van der Waals surface area (Å²) in [7, 11) is 0. The maximum Gasteiger partial charge on any atom is 0.221 e. The molecular formula is C16H25N3O2. The average molecular weight is 291 g/mol. The fourth-order valence-corrected chi connectivity index (χ4v) is 1.79. The van der Waals surface area contributed by atoms with E-state index in [2.05, 4.69) is 16.0 Å². The molecule has 0 aromatic heterocycles. The lowest BCUT2D eigenvalue weighted by Gasteiger charge is -2.11. The molecule has 1 atom stereocenters. The molecule has 0 aliphatic heterocycles. The quantitative estimate of drug-likeness (QED) is 0.642. The third-order valence-electron chi connectivity index (χ3n) is 3.15. The summed E-state index contributed by atoms with van der Waals surface area (Å²) in [5, 5.41) is 8.90. The Balaban J connectivity index is 2.23. The molecule has 5 heteroatoms. The first-order chi connectivity index (χ1) is 10.0. The molecule has 1 rings (SSSR count). The van der Waals surface area contributed by atoms with Gasteiger partial charge in [-0.3, -0.25) is 9.59 Å². The van der Waals surface area contributed by atoms with E-state index in [4.69, 9.17) is 0 Å². The lowest BCUT2D eigenvalue weighted by Crippen LogP contribution is -2.33. The molecule has 0 fully saturated rings. The maximum absolute atomic E-state index is 11.6. The van der Waals surface area contributed by atoms with Crippen molar-refractivity contribution in [2.75, 3.05) is 11.9 Å². The number of carbonyl (C=O) groups excluding carboxylic acids is 2.